The number of ether oxygens (including phenoxy) is 2. The van der Waals surface area contributed by atoms with Crippen molar-refractivity contribution in [2.24, 2.45) is 17.8 Å². The molecule has 1 rings (SSSR count). The van der Waals surface area contributed by atoms with Crippen molar-refractivity contribution in [3.63, 3.8) is 0 Å². The number of aliphatic hydroxyl groups is 2. The summed E-state index contributed by atoms with van der Waals surface area (Å²) in [6, 6.07) is 0. The monoisotopic (exact) mass is 436 g/mol. The van der Waals surface area contributed by atoms with Gasteiger partial charge < -0.3 is 19.7 Å². The number of carbonyl (C=O) groups excluding carboxylic acids is 2. The van der Waals surface area contributed by atoms with Crippen molar-refractivity contribution >= 4 is 11.9 Å². The molecular formula is C25H40O6. The van der Waals surface area contributed by atoms with Gasteiger partial charge in [-0.2, -0.15) is 0 Å². The predicted molar refractivity (Wildman–Crippen MR) is 121 cm³/mol. The summed E-state index contributed by atoms with van der Waals surface area (Å²) in [5, 5.41) is 20.2. The molecule has 0 fully saturated rings. The molecule has 6 nitrogen and oxygen atoms in total. The van der Waals surface area contributed by atoms with Crippen LogP contribution in [0.15, 0.2) is 36.0 Å². The van der Waals surface area contributed by atoms with Crippen molar-refractivity contribution in [1.29, 1.82) is 0 Å². The molecule has 0 aliphatic carbocycles. The number of carbonyl (C=O) groups is 2. The van der Waals surface area contributed by atoms with E-state index in [0.717, 1.165) is 5.57 Å². The van der Waals surface area contributed by atoms with E-state index in [1.165, 1.54) is 6.92 Å². The number of aliphatic hydroxyl groups excluding tert-OH is 2. The Labute approximate surface area is 187 Å². The maximum absolute atomic E-state index is 12.4. The van der Waals surface area contributed by atoms with Gasteiger partial charge in [-0.3, -0.25) is 9.59 Å². The van der Waals surface area contributed by atoms with Crippen LogP contribution in [0.5, 0.6) is 0 Å². The van der Waals surface area contributed by atoms with Crippen LogP contribution in [-0.4, -0.2) is 46.6 Å². The second kappa shape index (κ2) is 13.5. The van der Waals surface area contributed by atoms with Gasteiger partial charge in [-0.05, 0) is 43.8 Å². The molecule has 176 valence electrons. The summed E-state index contributed by atoms with van der Waals surface area (Å²) in [6.45, 7) is 11.1. The van der Waals surface area contributed by atoms with Crippen molar-refractivity contribution < 1.29 is 29.3 Å². The highest BCUT2D eigenvalue weighted by molar-refractivity contribution is 5.70. The summed E-state index contributed by atoms with van der Waals surface area (Å²) in [4.78, 5) is 23.9. The van der Waals surface area contributed by atoms with E-state index in [-0.39, 0.29) is 30.1 Å². The Bertz CT molecular complexity index is 665. The molecule has 0 aromatic carbocycles. The third-order valence-electron chi connectivity index (χ3n) is 5.81. The Kier molecular flexibility index (Phi) is 11.8. The average Bonchev–Trinajstić information content (AvgIpc) is 2.71. The summed E-state index contributed by atoms with van der Waals surface area (Å²) >= 11 is 0. The molecule has 0 saturated heterocycles. The van der Waals surface area contributed by atoms with Crippen molar-refractivity contribution in [2.75, 3.05) is 0 Å². The van der Waals surface area contributed by atoms with E-state index in [4.69, 9.17) is 9.47 Å². The molecular weight excluding hydrogens is 396 g/mol. The van der Waals surface area contributed by atoms with Crippen molar-refractivity contribution in [2.45, 2.75) is 91.6 Å². The van der Waals surface area contributed by atoms with E-state index in [0.29, 0.717) is 19.3 Å². The number of allylic oxidation sites excluding steroid dienone is 2. The third kappa shape index (κ3) is 9.83. The number of esters is 2. The number of cyclic esters (lactones) is 1. The molecule has 1 aliphatic rings. The summed E-state index contributed by atoms with van der Waals surface area (Å²) in [5.74, 6) is -0.911. The fraction of sp³-hybridized carbons (Fsp3) is 0.680. The van der Waals surface area contributed by atoms with E-state index in [2.05, 4.69) is 0 Å². The standard InChI is InChI=1S/C25H40O6/c1-7-22(28)16(2)9-8-10-18(4)25-19(5)12-14-23(30-20(6)26)17(3)11-13-21(27)15-24(29)31-25/h8-10,12,14,16-17,19,21-23,25,27-28H,7,11,13,15H2,1-6H3/b9-8+,14-12+,18-10+/t16-,17-,19-,21+,22-,23-,25-/m0/s1. The Hall–Kier alpha value is -1.92. The Morgan fingerprint density at radius 2 is 1.97 bits per heavy atom. The molecule has 0 aromatic heterocycles. The highest BCUT2D eigenvalue weighted by atomic mass is 16.5. The summed E-state index contributed by atoms with van der Waals surface area (Å²) < 4.78 is 11.2. The van der Waals surface area contributed by atoms with E-state index in [1.807, 2.05) is 65.0 Å². The first-order valence-electron chi connectivity index (χ1n) is 11.3. The number of rotatable bonds is 6. The molecule has 1 aliphatic heterocycles. The van der Waals surface area contributed by atoms with Crippen LogP contribution >= 0.6 is 0 Å². The minimum absolute atomic E-state index is 0.0157. The lowest BCUT2D eigenvalue weighted by atomic mass is 9.92. The van der Waals surface area contributed by atoms with Gasteiger partial charge in [-0.15, -0.1) is 0 Å². The zero-order chi connectivity index (χ0) is 23.6. The fourth-order valence-electron chi connectivity index (χ4n) is 3.62. The van der Waals surface area contributed by atoms with Crippen LogP contribution in [0.25, 0.3) is 0 Å². The van der Waals surface area contributed by atoms with Crippen LogP contribution in [0.4, 0.5) is 0 Å². The third-order valence-corrected chi connectivity index (χ3v) is 5.81. The highest BCUT2D eigenvalue weighted by Gasteiger charge is 2.26. The minimum Gasteiger partial charge on any atom is -0.458 e. The van der Waals surface area contributed by atoms with E-state index >= 15 is 0 Å². The Morgan fingerprint density at radius 3 is 2.58 bits per heavy atom. The molecule has 0 unspecified atom stereocenters. The molecule has 0 bridgehead atoms. The van der Waals surface area contributed by atoms with Crippen LogP contribution in [0, 0.1) is 17.8 Å². The van der Waals surface area contributed by atoms with E-state index in [9.17, 15) is 19.8 Å². The molecule has 0 saturated carbocycles. The van der Waals surface area contributed by atoms with Gasteiger partial charge in [-0.25, -0.2) is 0 Å². The first-order valence-corrected chi connectivity index (χ1v) is 11.3. The van der Waals surface area contributed by atoms with Gasteiger partial charge >= 0.3 is 11.9 Å². The van der Waals surface area contributed by atoms with Gasteiger partial charge in [0.05, 0.1) is 18.6 Å². The Morgan fingerprint density at radius 1 is 1.29 bits per heavy atom. The minimum atomic E-state index is -0.798. The number of hydrogen-bond acceptors (Lipinski definition) is 6. The molecule has 7 atom stereocenters. The van der Waals surface area contributed by atoms with Crippen molar-refractivity contribution in [3.05, 3.63) is 36.0 Å². The molecule has 0 aromatic rings. The number of hydrogen-bond donors (Lipinski definition) is 2. The lowest BCUT2D eigenvalue weighted by Gasteiger charge is -2.27. The zero-order valence-electron chi connectivity index (χ0n) is 19.8. The molecule has 0 amide bonds. The SMILES string of the molecule is CC[C@H](O)[C@@H](C)/C=C/C=C(\C)[C@@H]1OC(=O)C[C@H](O)CC[C@H](C)[C@@H](OC(C)=O)/C=C/[C@@H]1C. The first kappa shape index (κ1) is 27.1. The quantitative estimate of drug-likeness (QED) is 0.370. The van der Waals surface area contributed by atoms with Gasteiger partial charge in [0.1, 0.15) is 12.2 Å². The lowest BCUT2D eigenvalue weighted by molar-refractivity contribution is -0.151. The largest absolute Gasteiger partial charge is 0.458 e. The van der Waals surface area contributed by atoms with Crippen LogP contribution < -0.4 is 0 Å². The fourth-order valence-corrected chi connectivity index (χ4v) is 3.62. The second-order valence-corrected chi connectivity index (χ2v) is 8.77. The molecule has 2 N–H and O–H groups in total. The van der Waals surface area contributed by atoms with E-state index < -0.39 is 30.4 Å². The molecule has 1 heterocycles. The van der Waals surface area contributed by atoms with Gasteiger partial charge in [-0.1, -0.05) is 52.0 Å². The second-order valence-electron chi connectivity index (χ2n) is 8.77. The van der Waals surface area contributed by atoms with Gasteiger partial charge in [0.15, 0.2) is 0 Å². The van der Waals surface area contributed by atoms with Crippen LogP contribution in [-0.2, 0) is 19.1 Å². The molecule has 0 radical (unpaired) electrons. The van der Waals surface area contributed by atoms with Crippen molar-refractivity contribution in [3.8, 4) is 0 Å². The van der Waals surface area contributed by atoms with E-state index in [1.54, 1.807) is 0 Å². The van der Waals surface area contributed by atoms with Gasteiger partial charge in [0, 0.05) is 18.8 Å². The maximum atomic E-state index is 12.4. The normalized spacial score (nSPS) is 31.8. The molecule has 6 heteroatoms. The first-order chi connectivity index (χ1) is 14.5. The Balaban J connectivity index is 3.12. The summed E-state index contributed by atoms with van der Waals surface area (Å²) in [5.41, 5.74) is 0.851. The summed E-state index contributed by atoms with van der Waals surface area (Å²) in [7, 11) is 0. The van der Waals surface area contributed by atoms with Gasteiger partial charge in [0.2, 0.25) is 0 Å². The van der Waals surface area contributed by atoms with Gasteiger partial charge in [0.25, 0.3) is 0 Å². The predicted octanol–water partition coefficient (Wildman–Crippen LogP) is 4.11. The molecule has 31 heavy (non-hydrogen) atoms. The summed E-state index contributed by atoms with van der Waals surface area (Å²) in [6.07, 6.45) is 9.02. The smallest absolute Gasteiger partial charge is 0.309 e. The topological polar surface area (TPSA) is 93.1 Å². The zero-order valence-corrected chi connectivity index (χ0v) is 19.8. The van der Waals surface area contributed by atoms with Crippen LogP contribution in [0.2, 0.25) is 0 Å². The lowest BCUT2D eigenvalue weighted by Crippen LogP contribution is -2.30. The van der Waals surface area contributed by atoms with Crippen LogP contribution in [0.1, 0.15) is 67.2 Å². The average molecular weight is 437 g/mol. The van der Waals surface area contributed by atoms with Crippen molar-refractivity contribution in [1.82, 2.24) is 0 Å². The maximum Gasteiger partial charge on any atom is 0.309 e. The molecule has 0 spiro atoms. The van der Waals surface area contributed by atoms with Crippen LogP contribution in [0.3, 0.4) is 0 Å². The highest BCUT2D eigenvalue weighted by Crippen LogP contribution is 2.24.